The van der Waals surface area contributed by atoms with Crippen LogP contribution in [0.4, 0.5) is 4.79 Å². The van der Waals surface area contributed by atoms with Gasteiger partial charge >= 0.3 is 6.03 Å². The first kappa shape index (κ1) is 7.12. The molecular formula is C7H12N2O. The van der Waals surface area contributed by atoms with E-state index < -0.39 is 0 Å². The summed E-state index contributed by atoms with van der Waals surface area (Å²) in [4.78, 5) is 10.7. The van der Waals surface area contributed by atoms with Crippen molar-refractivity contribution in [2.24, 2.45) is 0 Å². The number of carbonyl (C=O) groups is 1. The molecule has 1 aliphatic heterocycles. The van der Waals surface area contributed by atoms with Gasteiger partial charge in [-0.3, -0.25) is 0 Å². The summed E-state index contributed by atoms with van der Waals surface area (Å²) in [5, 5.41) is 5.43. The second-order valence-electron chi connectivity index (χ2n) is 2.60. The van der Waals surface area contributed by atoms with Crippen LogP contribution in [0.15, 0.2) is 11.1 Å². The van der Waals surface area contributed by atoms with Gasteiger partial charge in [-0.15, -0.1) is 0 Å². The Labute approximate surface area is 60.5 Å². The Balaban J connectivity index is 2.64. The van der Waals surface area contributed by atoms with Crippen LogP contribution in [0, 0.1) is 0 Å². The maximum Gasteiger partial charge on any atom is 0.315 e. The molecule has 0 bridgehead atoms. The fourth-order valence-corrected chi connectivity index (χ4v) is 0.790. The van der Waals surface area contributed by atoms with Crippen LogP contribution in [0.2, 0.25) is 0 Å². The largest absolute Gasteiger partial charge is 0.334 e. The summed E-state index contributed by atoms with van der Waals surface area (Å²) in [6.07, 6.45) is 0. The van der Waals surface area contributed by atoms with E-state index in [1.165, 1.54) is 11.1 Å². The molecule has 0 saturated heterocycles. The molecule has 2 N–H and O–H groups in total. The van der Waals surface area contributed by atoms with Crippen molar-refractivity contribution in [1.82, 2.24) is 10.6 Å². The van der Waals surface area contributed by atoms with Crippen LogP contribution in [-0.4, -0.2) is 19.1 Å². The molecule has 1 aliphatic rings. The summed E-state index contributed by atoms with van der Waals surface area (Å²) >= 11 is 0. The number of urea groups is 1. The fourth-order valence-electron chi connectivity index (χ4n) is 0.790. The summed E-state index contributed by atoms with van der Waals surface area (Å²) in [6, 6.07) is -0.0730. The standard InChI is InChI=1S/C7H12N2O/c1-5-3-8-7(10)9-4-6(5)2/h3-4H2,1-2H3,(H2,8,9,10). The molecule has 0 aromatic heterocycles. The Morgan fingerprint density at radius 2 is 1.50 bits per heavy atom. The highest BCUT2D eigenvalue weighted by Crippen LogP contribution is 2.02. The van der Waals surface area contributed by atoms with Crippen molar-refractivity contribution in [1.29, 1.82) is 0 Å². The third-order valence-corrected chi connectivity index (χ3v) is 1.76. The monoisotopic (exact) mass is 140 g/mol. The van der Waals surface area contributed by atoms with Gasteiger partial charge in [-0.05, 0) is 13.8 Å². The number of hydrogen-bond acceptors (Lipinski definition) is 1. The maximum absolute atomic E-state index is 10.7. The minimum atomic E-state index is -0.0730. The second-order valence-corrected chi connectivity index (χ2v) is 2.60. The predicted octanol–water partition coefficient (Wildman–Crippen LogP) is 0.636. The first-order valence-corrected chi connectivity index (χ1v) is 3.37. The Bertz CT molecular complexity index is 166. The highest BCUT2D eigenvalue weighted by molar-refractivity contribution is 5.75. The molecule has 1 heterocycles. The van der Waals surface area contributed by atoms with E-state index in [0.717, 1.165) is 0 Å². The van der Waals surface area contributed by atoms with Crippen molar-refractivity contribution in [3.63, 3.8) is 0 Å². The van der Waals surface area contributed by atoms with E-state index in [9.17, 15) is 4.79 Å². The van der Waals surface area contributed by atoms with Crippen molar-refractivity contribution >= 4 is 6.03 Å². The summed E-state index contributed by atoms with van der Waals surface area (Å²) in [5.74, 6) is 0. The Morgan fingerprint density at radius 1 is 1.10 bits per heavy atom. The van der Waals surface area contributed by atoms with Crippen molar-refractivity contribution < 1.29 is 4.79 Å². The van der Waals surface area contributed by atoms with Gasteiger partial charge in [0.1, 0.15) is 0 Å². The van der Waals surface area contributed by atoms with Gasteiger partial charge in [0.25, 0.3) is 0 Å². The number of nitrogens with one attached hydrogen (secondary N) is 2. The average molecular weight is 140 g/mol. The van der Waals surface area contributed by atoms with Gasteiger partial charge in [0.2, 0.25) is 0 Å². The SMILES string of the molecule is CC1=C(C)CNC(=O)NC1. The van der Waals surface area contributed by atoms with Crippen LogP contribution in [0.5, 0.6) is 0 Å². The molecule has 0 aromatic carbocycles. The van der Waals surface area contributed by atoms with E-state index in [1.807, 2.05) is 13.8 Å². The molecule has 0 atom stereocenters. The lowest BCUT2D eigenvalue weighted by atomic mass is 10.1. The minimum absolute atomic E-state index is 0.0730. The van der Waals surface area contributed by atoms with E-state index in [1.54, 1.807) is 0 Å². The van der Waals surface area contributed by atoms with Crippen molar-refractivity contribution in [3.05, 3.63) is 11.1 Å². The Morgan fingerprint density at radius 3 is 1.90 bits per heavy atom. The zero-order valence-electron chi connectivity index (χ0n) is 6.32. The highest BCUT2D eigenvalue weighted by atomic mass is 16.2. The lowest BCUT2D eigenvalue weighted by Gasteiger charge is -1.98. The van der Waals surface area contributed by atoms with E-state index in [0.29, 0.717) is 13.1 Å². The smallest absolute Gasteiger partial charge is 0.315 e. The van der Waals surface area contributed by atoms with Crippen LogP contribution >= 0.6 is 0 Å². The lowest BCUT2D eigenvalue weighted by molar-refractivity contribution is 0.243. The third kappa shape index (κ3) is 1.50. The van der Waals surface area contributed by atoms with E-state index in [4.69, 9.17) is 0 Å². The molecule has 0 radical (unpaired) electrons. The van der Waals surface area contributed by atoms with Gasteiger partial charge in [0.05, 0.1) is 0 Å². The molecule has 3 heteroatoms. The lowest BCUT2D eigenvalue weighted by Crippen LogP contribution is -2.34. The quantitative estimate of drug-likeness (QED) is 0.476. The molecule has 0 fully saturated rings. The molecule has 1 rings (SSSR count). The predicted molar refractivity (Wildman–Crippen MR) is 39.8 cm³/mol. The summed E-state index contributed by atoms with van der Waals surface area (Å²) in [7, 11) is 0. The van der Waals surface area contributed by atoms with Crippen molar-refractivity contribution in [3.8, 4) is 0 Å². The van der Waals surface area contributed by atoms with Gasteiger partial charge in [-0.1, -0.05) is 11.1 Å². The second kappa shape index (κ2) is 2.73. The summed E-state index contributed by atoms with van der Waals surface area (Å²) < 4.78 is 0. The van der Waals surface area contributed by atoms with Gasteiger partial charge < -0.3 is 10.6 Å². The Kier molecular flexibility index (Phi) is 1.94. The molecule has 0 aliphatic carbocycles. The van der Waals surface area contributed by atoms with Crippen LogP contribution < -0.4 is 10.6 Å². The molecular weight excluding hydrogens is 128 g/mol. The van der Waals surface area contributed by atoms with Crippen molar-refractivity contribution in [2.75, 3.05) is 13.1 Å². The zero-order valence-corrected chi connectivity index (χ0v) is 6.32. The van der Waals surface area contributed by atoms with Gasteiger partial charge in [-0.25, -0.2) is 4.79 Å². The number of hydrogen-bond donors (Lipinski definition) is 2. The van der Waals surface area contributed by atoms with E-state index >= 15 is 0 Å². The molecule has 3 nitrogen and oxygen atoms in total. The highest BCUT2D eigenvalue weighted by Gasteiger charge is 2.06. The van der Waals surface area contributed by atoms with Crippen LogP contribution in [0.1, 0.15) is 13.8 Å². The number of rotatable bonds is 0. The molecule has 0 unspecified atom stereocenters. The van der Waals surface area contributed by atoms with Gasteiger partial charge in [0.15, 0.2) is 0 Å². The van der Waals surface area contributed by atoms with Gasteiger partial charge in [0, 0.05) is 13.1 Å². The maximum atomic E-state index is 10.7. The van der Waals surface area contributed by atoms with E-state index in [-0.39, 0.29) is 6.03 Å². The van der Waals surface area contributed by atoms with Crippen LogP contribution in [0.3, 0.4) is 0 Å². The normalized spacial score (nSPS) is 19.6. The summed E-state index contributed by atoms with van der Waals surface area (Å²) in [6.45, 7) is 5.42. The topological polar surface area (TPSA) is 41.1 Å². The molecule has 2 amide bonds. The number of carbonyl (C=O) groups excluding carboxylic acids is 1. The molecule has 10 heavy (non-hydrogen) atoms. The summed E-state index contributed by atoms with van der Waals surface area (Å²) in [5.41, 5.74) is 2.50. The molecule has 0 saturated carbocycles. The van der Waals surface area contributed by atoms with Crippen LogP contribution in [0.25, 0.3) is 0 Å². The number of amides is 2. The zero-order chi connectivity index (χ0) is 7.56. The fraction of sp³-hybridized carbons (Fsp3) is 0.571. The molecule has 0 aromatic rings. The molecule has 0 spiro atoms. The average Bonchev–Trinajstić information content (AvgIpc) is 2.04. The van der Waals surface area contributed by atoms with Gasteiger partial charge in [-0.2, -0.15) is 0 Å². The van der Waals surface area contributed by atoms with E-state index in [2.05, 4.69) is 10.6 Å². The third-order valence-electron chi connectivity index (χ3n) is 1.76. The Hall–Kier alpha value is -0.990. The van der Waals surface area contributed by atoms with Crippen LogP contribution in [-0.2, 0) is 0 Å². The minimum Gasteiger partial charge on any atom is -0.334 e. The first-order valence-electron chi connectivity index (χ1n) is 3.37. The van der Waals surface area contributed by atoms with Crippen molar-refractivity contribution in [2.45, 2.75) is 13.8 Å². The molecule has 56 valence electrons. The first-order chi connectivity index (χ1) is 4.70.